The molecule has 1 aliphatic rings. The van der Waals surface area contributed by atoms with E-state index in [1.54, 1.807) is 24.4 Å². The van der Waals surface area contributed by atoms with E-state index in [0.717, 1.165) is 44.0 Å². The predicted octanol–water partition coefficient (Wildman–Crippen LogP) is 4.12. The van der Waals surface area contributed by atoms with Crippen LogP contribution < -0.4 is 15.4 Å². The van der Waals surface area contributed by atoms with Crippen molar-refractivity contribution in [1.29, 1.82) is 0 Å². The summed E-state index contributed by atoms with van der Waals surface area (Å²) in [6.07, 6.45) is 1.70. The van der Waals surface area contributed by atoms with Gasteiger partial charge in [-0.3, -0.25) is 10.2 Å². The third kappa shape index (κ3) is 7.57. The average molecular weight is 490 g/mol. The van der Waals surface area contributed by atoms with Crippen LogP contribution in [-0.2, 0) is 10.2 Å². The number of aromatic nitrogens is 2. The molecular formula is C27H31N5O4. The molecule has 0 saturated carbocycles. The van der Waals surface area contributed by atoms with E-state index in [1.807, 2.05) is 45.0 Å². The van der Waals surface area contributed by atoms with Crippen LogP contribution in [0.5, 0.6) is 5.88 Å². The Bertz CT molecular complexity index is 1200. The quantitative estimate of drug-likeness (QED) is 0.502. The largest absolute Gasteiger partial charge is 0.476 e. The zero-order valence-electron chi connectivity index (χ0n) is 20.8. The molecule has 1 aliphatic heterocycles. The number of hydrogen-bond acceptors (Lipinski definition) is 7. The summed E-state index contributed by atoms with van der Waals surface area (Å²) < 4.78 is 16.4. The van der Waals surface area contributed by atoms with Gasteiger partial charge >= 0.3 is 6.03 Å². The van der Waals surface area contributed by atoms with Gasteiger partial charge in [0.2, 0.25) is 5.88 Å². The van der Waals surface area contributed by atoms with E-state index in [9.17, 15) is 4.79 Å². The molecule has 9 heteroatoms. The number of pyridine rings is 1. The number of rotatable bonds is 6. The molecule has 4 rings (SSSR count). The number of carbonyl (C=O) groups excluding carboxylic acids is 1. The van der Waals surface area contributed by atoms with E-state index in [1.165, 1.54) is 0 Å². The normalized spacial score (nSPS) is 14.0. The maximum atomic E-state index is 12.3. The summed E-state index contributed by atoms with van der Waals surface area (Å²) in [6.45, 7) is 10.9. The van der Waals surface area contributed by atoms with Crippen LogP contribution in [0.2, 0.25) is 0 Å². The number of hydrogen-bond donors (Lipinski definition) is 2. The summed E-state index contributed by atoms with van der Waals surface area (Å²) in [5, 5.41) is 9.33. The molecule has 2 amide bonds. The second-order valence-electron chi connectivity index (χ2n) is 9.42. The highest BCUT2D eigenvalue weighted by molar-refractivity contribution is 5.99. The summed E-state index contributed by atoms with van der Waals surface area (Å²) in [5.41, 5.74) is 2.06. The van der Waals surface area contributed by atoms with Crippen LogP contribution in [0.3, 0.4) is 0 Å². The standard InChI is InChI=1S/C27H31N5O4/c1-27(2,3)23-18-24(31-36-23)30-26(33)29-22-9-6-20(7-10-22)4-5-21-8-11-25(28-19-21)35-17-14-32-12-15-34-16-13-32/h6-11,18-19H,12-17H2,1-3H3,(H2,29,30,31,33). The molecule has 9 nitrogen and oxygen atoms in total. The molecule has 0 spiro atoms. The molecule has 1 fully saturated rings. The number of morpholine rings is 1. The van der Waals surface area contributed by atoms with Crippen LogP contribution in [0, 0.1) is 11.8 Å². The molecule has 3 heterocycles. The van der Waals surface area contributed by atoms with Crippen molar-refractivity contribution in [1.82, 2.24) is 15.0 Å². The van der Waals surface area contributed by atoms with E-state index >= 15 is 0 Å². The zero-order chi connectivity index (χ0) is 25.4. The van der Waals surface area contributed by atoms with Gasteiger partial charge < -0.3 is 19.3 Å². The maximum Gasteiger partial charge on any atom is 0.324 e. The summed E-state index contributed by atoms with van der Waals surface area (Å²) in [7, 11) is 0. The zero-order valence-corrected chi connectivity index (χ0v) is 20.8. The topological polar surface area (TPSA) is 102 Å². The summed E-state index contributed by atoms with van der Waals surface area (Å²) in [4.78, 5) is 18.9. The lowest BCUT2D eigenvalue weighted by molar-refractivity contribution is 0.0320. The lowest BCUT2D eigenvalue weighted by atomic mass is 9.93. The Hall–Kier alpha value is -3.87. The number of anilines is 2. The third-order valence-corrected chi connectivity index (χ3v) is 5.48. The predicted molar refractivity (Wildman–Crippen MR) is 137 cm³/mol. The molecule has 1 saturated heterocycles. The van der Waals surface area contributed by atoms with Gasteiger partial charge in [0.05, 0.1) is 13.2 Å². The fourth-order valence-corrected chi connectivity index (χ4v) is 3.39. The van der Waals surface area contributed by atoms with Gasteiger partial charge in [-0.25, -0.2) is 9.78 Å². The van der Waals surface area contributed by atoms with Crippen molar-refractivity contribution in [3.63, 3.8) is 0 Å². The fourth-order valence-electron chi connectivity index (χ4n) is 3.39. The second-order valence-corrected chi connectivity index (χ2v) is 9.42. The molecule has 188 valence electrons. The molecule has 0 unspecified atom stereocenters. The fraction of sp³-hybridized carbons (Fsp3) is 0.370. The van der Waals surface area contributed by atoms with Crippen molar-refractivity contribution in [3.8, 4) is 17.7 Å². The van der Waals surface area contributed by atoms with Gasteiger partial charge in [0.1, 0.15) is 12.4 Å². The van der Waals surface area contributed by atoms with Gasteiger partial charge in [0.25, 0.3) is 0 Å². The second kappa shape index (κ2) is 11.7. The van der Waals surface area contributed by atoms with Gasteiger partial charge in [0, 0.05) is 60.2 Å². The molecule has 3 aromatic rings. The molecule has 2 N–H and O–H groups in total. The molecule has 0 radical (unpaired) electrons. The third-order valence-electron chi connectivity index (χ3n) is 5.48. The van der Waals surface area contributed by atoms with Crippen LogP contribution in [0.4, 0.5) is 16.3 Å². The van der Waals surface area contributed by atoms with Crippen LogP contribution in [0.25, 0.3) is 0 Å². The maximum absolute atomic E-state index is 12.3. The minimum absolute atomic E-state index is 0.185. The number of nitrogens with one attached hydrogen (secondary N) is 2. The first-order chi connectivity index (χ1) is 17.3. The molecule has 2 aromatic heterocycles. The van der Waals surface area contributed by atoms with Crippen molar-refractivity contribution in [2.24, 2.45) is 0 Å². The Labute approximate surface area is 211 Å². The van der Waals surface area contributed by atoms with E-state index in [4.69, 9.17) is 14.0 Å². The van der Waals surface area contributed by atoms with Crippen LogP contribution in [-0.4, -0.2) is 60.5 Å². The van der Waals surface area contributed by atoms with E-state index < -0.39 is 6.03 Å². The first-order valence-corrected chi connectivity index (χ1v) is 11.9. The first kappa shape index (κ1) is 25.2. The van der Waals surface area contributed by atoms with E-state index in [2.05, 4.69) is 37.5 Å². The molecule has 0 bridgehead atoms. The number of benzene rings is 1. The van der Waals surface area contributed by atoms with Gasteiger partial charge in [-0.05, 0) is 30.3 Å². The Morgan fingerprint density at radius 3 is 2.44 bits per heavy atom. The number of carbonyl (C=O) groups is 1. The minimum atomic E-state index is -0.402. The summed E-state index contributed by atoms with van der Waals surface area (Å²) >= 11 is 0. The molecular weight excluding hydrogens is 458 g/mol. The van der Waals surface area contributed by atoms with Crippen LogP contribution in [0.1, 0.15) is 37.7 Å². The average Bonchev–Trinajstić information content (AvgIpc) is 3.34. The minimum Gasteiger partial charge on any atom is -0.476 e. The number of nitrogens with zero attached hydrogens (tertiary/aromatic N) is 3. The van der Waals surface area contributed by atoms with Gasteiger partial charge in [0.15, 0.2) is 5.82 Å². The highest BCUT2D eigenvalue weighted by Crippen LogP contribution is 2.24. The van der Waals surface area contributed by atoms with Crippen molar-refractivity contribution < 1.29 is 18.8 Å². The first-order valence-electron chi connectivity index (χ1n) is 11.9. The molecule has 36 heavy (non-hydrogen) atoms. The van der Waals surface area contributed by atoms with E-state index in [-0.39, 0.29) is 5.41 Å². The van der Waals surface area contributed by atoms with Gasteiger partial charge in [-0.15, -0.1) is 0 Å². The summed E-state index contributed by atoms with van der Waals surface area (Å²) in [5.74, 6) is 7.84. The Kier molecular flexibility index (Phi) is 8.21. The lowest BCUT2D eigenvalue weighted by Gasteiger charge is -2.26. The van der Waals surface area contributed by atoms with Gasteiger partial charge in [-0.2, -0.15) is 0 Å². The lowest BCUT2D eigenvalue weighted by Crippen LogP contribution is -2.38. The summed E-state index contributed by atoms with van der Waals surface area (Å²) in [6, 6.07) is 12.3. The van der Waals surface area contributed by atoms with Crippen molar-refractivity contribution in [2.45, 2.75) is 26.2 Å². The van der Waals surface area contributed by atoms with Crippen molar-refractivity contribution in [2.75, 3.05) is 50.1 Å². The Balaban J connectivity index is 1.24. The van der Waals surface area contributed by atoms with Gasteiger partial charge in [-0.1, -0.05) is 37.8 Å². The molecule has 0 atom stereocenters. The smallest absolute Gasteiger partial charge is 0.324 e. The van der Waals surface area contributed by atoms with E-state index in [0.29, 0.717) is 29.8 Å². The molecule has 0 aliphatic carbocycles. The Morgan fingerprint density at radius 1 is 1.06 bits per heavy atom. The SMILES string of the molecule is CC(C)(C)c1cc(NC(=O)Nc2ccc(C#Cc3ccc(OCCN4CCOCC4)nc3)cc2)no1. The molecule has 1 aromatic carbocycles. The van der Waals surface area contributed by atoms with Crippen molar-refractivity contribution in [3.05, 3.63) is 65.5 Å². The van der Waals surface area contributed by atoms with Crippen molar-refractivity contribution >= 4 is 17.5 Å². The highest BCUT2D eigenvalue weighted by atomic mass is 16.5. The van der Waals surface area contributed by atoms with Crippen LogP contribution in [0.15, 0.2) is 53.2 Å². The Morgan fingerprint density at radius 2 is 1.78 bits per heavy atom. The number of urea groups is 1. The highest BCUT2D eigenvalue weighted by Gasteiger charge is 2.20. The monoisotopic (exact) mass is 489 g/mol. The number of amides is 2. The van der Waals surface area contributed by atoms with Crippen LogP contribution >= 0.6 is 0 Å². The number of ether oxygens (including phenoxy) is 2.